The first-order valence-corrected chi connectivity index (χ1v) is 6.59. The van der Waals surface area contributed by atoms with Gasteiger partial charge in [0.2, 0.25) is 10.0 Å². The van der Waals surface area contributed by atoms with Gasteiger partial charge >= 0.3 is 0 Å². The minimum absolute atomic E-state index is 0.0262. The summed E-state index contributed by atoms with van der Waals surface area (Å²) in [6, 6.07) is 5.15. The van der Waals surface area contributed by atoms with E-state index in [2.05, 4.69) is 4.72 Å². The Balaban J connectivity index is 3.13. The van der Waals surface area contributed by atoms with Gasteiger partial charge in [0.05, 0.1) is 23.3 Å². The number of sulfonamides is 1. The summed E-state index contributed by atoms with van der Waals surface area (Å²) in [6.45, 7) is 1.21. The molecule has 0 aliphatic carbocycles. The number of nitrogens with zero attached hydrogens (tertiary/aromatic N) is 1. The lowest BCUT2D eigenvalue weighted by Crippen LogP contribution is -2.35. The van der Waals surface area contributed by atoms with Gasteiger partial charge in [-0.2, -0.15) is 5.26 Å². The maximum absolute atomic E-state index is 11.8. The Morgan fingerprint density at radius 2 is 2.24 bits per heavy atom. The Hall–Kier alpha value is -1.13. The predicted octanol–water partition coefficient (Wildman–Crippen LogP) is 0.871. The van der Waals surface area contributed by atoms with Gasteiger partial charge in [0.15, 0.2) is 0 Å². The average Bonchev–Trinajstić information content (AvgIpc) is 2.27. The molecular weight excluding hydrogens is 264 g/mol. The molecule has 1 aromatic rings. The van der Waals surface area contributed by atoms with Crippen molar-refractivity contribution in [1.82, 2.24) is 4.72 Å². The number of hydrogen-bond acceptors (Lipinski definition) is 4. The van der Waals surface area contributed by atoms with E-state index in [9.17, 15) is 8.42 Å². The van der Waals surface area contributed by atoms with E-state index < -0.39 is 16.1 Å². The van der Waals surface area contributed by atoms with Crippen LogP contribution in [0.4, 0.5) is 0 Å². The van der Waals surface area contributed by atoms with Gasteiger partial charge in [-0.05, 0) is 25.1 Å². The predicted molar refractivity (Wildman–Crippen MR) is 63.0 cm³/mol. The number of hydrogen-bond donors (Lipinski definition) is 2. The van der Waals surface area contributed by atoms with Crippen LogP contribution in [-0.2, 0) is 10.0 Å². The van der Waals surface area contributed by atoms with Crippen LogP contribution < -0.4 is 4.72 Å². The van der Waals surface area contributed by atoms with Gasteiger partial charge in [-0.15, -0.1) is 0 Å². The van der Waals surface area contributed by atoms with E-state index in [1.165, 1.54) is 25.1 Å². The first kappa shape index (κ1) is 13.9. The fourth-order valence-electron chi connectivity index (χ4n) is 1.15. The molecule has 7 heteroatoms. The maximum Gasteiger partial charge on any atom is 0.242 e. The quantitative estimate of drug-likeness (QED) is 0.852. The van der Waals surface area contributed by atoms with Gasteiger partial charge in [-0.25, -0.2) is 13.1 Å². The zero-order chi connectivity index (χ0) is 13.1. The number of nitriles is 1. The molecule has 0 unspecified atom stereocenters. The minimum Gasteiger partial charge on any atom is -0.395 e. The molecular formula is C10H11ClN2O3S. The fourth-order valence-corrected chi connectivity index (χ4v) is 2.93. The van der Waals surface area contributed by atoms with Crippen molar-refractivity contribution in [3.05, 3.63) is 28.8 Å². The molecule has 2 N–H and O–H groups in total. The molecule has 0 aromatic heterocycles. The Kier molecular flexibility index (Phi) is 4.48. The molecule has 0 amide bonds. The van der Waals surface area contributed by atoms with E-state index in [0.717, 1.165) is 0 Å². The molecule has 17 heavy (non-hydrogen) atoms. The van der Waals surface area contributed by atoms with Crippen LogP contribution in [0.25, 0.3) is 0 Å². The van der Waals surface area contributed by atoms with Crippen LogP contribution in [0.5, 0.6) is 0 Å². The van der Waals surface area contributed by atoms with Crippen molar-refractivity contribution in [2.24, 2.45) is 0 Å². The number of rotatable bonds is 4. The topological polar surface area (TPSA) is 90.2 Å². The van der Waals surface area contributed by atoms with Crippen molar-refractivity contribution in [1.29, 1.82) is 5.26 Å². The van der Waals surface area contributed by atoms with Crippen LogP contribution in [-0.4, -0.2) is 26.2 Å². The number of aliphatic hydroxyl groups is 1. The Bertz CT molecular complexity index is 551. The average molecular weight is 275 g/mol. The molecule has 92 valence electrons. The normalized spacial score (nSPS) is 13.1. The summed E-state index contributed by atoms with van der Waals surface area (Å²) in [5, 5.41) is 17.4. The number of halogens is 1. The van der Waals surface area contributed by atoms with Gasteiger partial charge in [-0.1, -0.05) is 11.6 Å². The van der Waals surface area contributed by atoms with Crippen molar-refractivity contribution >= 4 is 21.6 Å². The second-order valence-corrected chi connectivity index (χ2v) is 5.55. The van der Waals surface area contributed by atoms with Gasteiger partial charge in [0, 0.05) is 6.04 Å². The third-order valence-electron chi connectivity index (χ3n) is 1.98. The molecule has 5 nitrogen and oxygen atoms in total. The lowest BCUT2D eigenvalue weighted by Gasteiger charge is -2.12. The number of aliphatic hydroxyl groups excluding tert-OH is 1. The number of nitrogens with one attached hydrogen (secondary N) is 1. The highest BCUT2D eigenvalue weighted by atomic mass is 35.5. The van der Waals surface area contributed by atoms with Crippen LogP contribution in [0.1, 0.15) is 12.5 Å². The fraction of sp³-hybridized carbons (Fsp3) is 0.300. The molecule has 0 radical (unpaired) electrons. The molecule has 0 aliphatic rings. The molecule has 0 bridgehead atoms. The van der Waals surface area contributed by atoms with Crippen molar-refractivity contribution < 1.29 is 13.5 Å². The number of benzene rings is 1. The van der Waals surface area contributed by atoms with Crippen molar-refractivity contribution in [2.75, 3.05) is 6.61 Å². The van der Waals surface area contributed by atoms with E-state index >= 15 is 0 Å². The molecule has 0 saturated heterocycles. The molecule has 1 atom stereocenters. The summed E-state index contributed by atoms with van der Waals surface area (Å²) in [5.74, 6) is 0. The highest BCUT2D eigenvalue weighted by molar-refractivity contribution is 7.89. The van der Waals surface area contributed by atoms with Crippen LogP contribution in [0.2, 0.25) is 5.02 Å². The zero-order valence-electron chi connectivity index (χ0n) is 9.01. The lowest BCUT2D eigenvalue weighted by atomic mass is 10.2. The summed E-state index contributed by atoms with van der Waals surface area (Å²) >= 11 is 5.79. The SMILES string of the molecule is C[C@@H](CO)NS(=O)(=O)c1ccc(C#N)cc1Cl. The maximum atomic E-state index is 11.8. The third-order valence-corrected chi connectivity index (χ3v) is 4.05. The lowest BCUT2D eigenvalue weighted by molar-refractivity contribution is 0.265. The molecule has 1 rings (SSSR count). The molecule has 0 spiro atoms. The van der Waals surface area contributed by atoms with Gasteiger partial charge < -0.3 is 5.11 Å². The minimum atomic E-state index is -3.78. The van der Waals surface area contributed by atoms with E-state index in [1.807, 2.05) is 6.07 Å². The summed E-state index contributed by atoms with van der Waals surface area (Å²) in [5.41, 5.74) is 0.282. The summed E-state index contributed by atoms with van der Waals surface area (Å²) < 4.78 is 25.9. The summed E-state index contributed by atoms with van der Waals surface area (Å²) in [7, 11) is -3.78. The van der Waals surface area contributed by atoms with Crippen LogP contribution in [0.15, 0.2) is 23.1 Å². The zero-order valence-corrected chi connectivity index (χ0v) is 10.6. The van der Waals surface area contributed by atoms with E-state index in [1.54, 1.807) is 0 Å². The van der Waals surface area contributed by atoms with E-state index in [0.29, 0.717) is 0 Å². The Labute approximate surface area is 105 Å². The van der Waals surface area contributed by atoms with Crippen LogP contribution >= 0.6 is 11.6 Å². The highest BCUT2D eigenvalue weighted by Gasteiger charge is 2.20. The highest BCUT2D eigenvalue weighted by Crippen LogP contribution is 2.22. The van der Waals surface area contributed by atoms with Crippen molar-refractivity contribution in [2.45, 2.75) is 17.9 Å². The van der Waals surface area contributed by atoms with Crippen molar-refractivity contribution in [3.8, 4) is 6.07 Å². The van der Waals surface area contributed by atoms with E-state index in [4.69, 9.17) is 22.0 Å². The third kappa shape index (κ3) is 3.41. The Morgan fingerprint density at radius 3 is 2.71 bits per heavy atom. The monoisotopic (exact) mass is 274 g/mol. The molecule has 0 aliphatic heterocycles. The Morgan fingerprint density at radius 1 is 1.59 bits per heavy atom. The second kappa shape index (κ2) is 5.47. The molecule has 0 saturated carbocycles. The summed E-state index contributed by atoms with van der Waals surface area (Å²) in [4.78, 5) is -0.113. The van der Waals surface area contributed by atoms with Gasteiger partial charge in [0.1, 0.15) is 4.90 Å². The standard InChI is InChI=1S/C10H11ClN2O3S/c1-7(6-14)13-17(15,16)10-3-2-8(5-12)4-9(10)11/h2-4,7,13-14H,6H2,1H3/t7-/m0/s1. The second-order valence-electron chi connectivity index (χ2n) is 3.46. The smallest absolute Gasteiger partial charge is 0.242 e. The van der Waals surface area contributed by atoms with Crippen LogP contribution in [0.3, 0.4) is 0 Å². The molecule has 0 heterocycles. The first-order valence-electron chi connectivity index (χ1n) is 4.73. The van der Waals surface area contributed by atoms with Crippen molar-refractivity contribution in [3.63, 3.8) is 0 Å². The van der Waals surface area contributed by atoms with Crippen LogP contribution in [0, 0.1) is 11.3 Å². The van der Waals surface area contributed by atoms with Gasteiger partial charge in [0.25, 0.3) is 0 Å². The van der Waals surface area contributed by atoms with Gasteiger partial charge in [-0.3, -0.25) is 0 Å². The first-order chi connectivity index (χ1) is 7.90. The van der Waals surface area contributed by atoms with E-state index in [-0.39, 0.29) is 22.1 Å². The summed E-state index contributed by atoms with van der Waals surface area (Å²) in [6.07, 6.45) is 0. The molecule has 0 fully saturated rings. The molecule has 1 aromatic carbocycles. The largest absolute Gasteiger partial charge is 0.395 e.